The van der Waals surface area contributed by atoms with E-state index in [1.165, 1.54) is 6.42 Å². The zero-order valence-corrected chi connectivity index (χ0v) is 17.5. The summed E-state index contributed by atoms with van der Waals surface area (Å²) in [7, 11) is 1.55. The molecule has 2 fully saturated rings. The fraction of sp³-hybridized carbons (Fsp3) is 0.545. The molecule has 8 heteroatoms. The van der Waals surface area contributed by atoms with Crippen molar-refractivity contribution in [2.45, 2.75) is 57.9 Å². The Morgan fingerprint density at radius 2 is 2.07 bits per heavy atom. The van der Waals surface area contributed by atoms with E-state index in [-0.39, 0.29) is 30.2 Å². The minimum absolute atomic E-state index is 0.0840. The van der Waals surface area contributed by atoms with Crippen molar-refractivity contribution in [1.29, 1.82) is 0 Å². The van der Waals surface area contributed by atoms with Crippen LogP contribution in [0.15, 0.2) is 22.6 Å². The van der Waals surface area contributed by atoms with Gasteiger partial charge in [0.05, 0.1) is 18.7 Å². The first-order valence-corrected chi connectivity index (χ1v) is 10.7. The average Bonchev–Trinajstić information content (AvgIpc) is 3.41. The summed E-state index contributed by atoms with van der Waals surface area (Å²) in [6.45, 7) is 2.43. The topological polar surface area (TPSA) is 97.6 Å². The normalized spacial score (nSPS) is 19.9. The minimum atomic E-state index is -0.358. The van der Waals surface area contributed by atoms with Gasteiger partial charge < -0.3 is 19.4 Å². The van der Waals surface area contributed by atoms with Gasteiger partial charge in [-0.05, 0) is 31.0 Å². The predicted octanol–water partition coefficient (Wildman–Crippen LogP) is 3.43. The lowest BCUT2D eigenvalue weighted by atomic mass is 9.94. The highest BCUT2D eigenvalue weighted by atomic mass is 16.5. The molecule has 0 radical (unpaired) electrons. The molecule has 160 valence electrons. The van der Waals surface area contributed by atoms with Crippen molar-refractivity contribution >= 4 is 17.5 Å². The Kier molecular flexibility index (Phi) is 6.01. The average molecular weight is 412 g/mol. The quantitative estimate of drug-likeness (QED) is 0.781. The van der Waals surface area contributed by atoms with Crippen LogP contribution in [0.3, 0.4) is 0 Å². The number of aryl methyl sites for hydroxylation is 1. The number of nitrogens with one attached hydrogen (secondary N) is 1. The first-order valence-electron chi connectivity index (χ1n) is 10.7. The van der Waals surface area contributed by atoms with E-state index >= 15 is 0 Å². The van der Waals surface area contributed by atoms with Crippen molar-refractivity contribution in [2.75, 3.05) is 19.0 Å². The van der Waals surface area contributed by atoms with Gasteiger partial charge in [-0.25, -0.2) is 0 Å². The van der Waals surface area contributed by atoms with Crippen molar-refractivity contribution in [3.63, 3.8) is 0 Å². The first kappa shape index (κ1) is 20.4. The molecule has 2 amide bonds. The molecule has 4 rings (SSSR count). The summed E-state index contributed by atoms with van der Waals surface area (Å²) in [4.78, 5) is 27.4. The molecule has 2 heterocycles. The van der Waals surface area contributed by atoms with E-state index in [1.54, 1.807) is 19.2 Å². The molecule has 1 atom stereocenters. The van der Waals surface area contributed by atoms with Gasteiger partial charge in [-0.3, -0.25) is 9.59 Å². The van der Waals surface area contributed by atoms with Gasteiger partial charge in [0, 0.05) is 31.0 Å². The molecule has 1 aromatic heterocycles. The van der Waals surface area contributed by atoms with Crippen LogP contribution in [-0.4, -0.2) is 46.6 Å². The van der Waals surface area contributed by atoms with Crippen LogP contribution in [0.25, 0.3) is 11.5 Å². The molecular weight excluding hydrogens is 384 g/mol. The van der Waals surface area contributed by atoms with Crippen LogP contribution >= 0.6 is 0 Å². The number of methoxy groups -OCH3 is 1. The van der Waals surface area contributed by atoms with Gasteiger partial charge in [0.25, 0.3) is 0 Å². The van der Waals surface area contributed by atoms with Crippen LogP contribution in [0.2, 0.25) is 0 Å². The Balaban J connectivity index is 1.48. The van der Waals surface area contributed by atoms with Gasteiger partial charge in [-0.15, -0.1) is 10.2 Å². The number of nitrogens with zero attached hydrogens (tertiary/aromatic N) is 3. The summed E-state index contributed by atoms with van der Waals surface area (Å²) in [5.41, 5.74) is 1.23. The number of carbonyl (C=O) groups is 2. The molecule has 1 saturated heterocycles. The lowest BCUT2D eigenvalue weighted by Crippen LogP contribution is -2.38. The maximum absolute atomic E-state index is 13.0. The second-order valence-electron chi connectivity index (χ2n) is 8.00. The molecule has 8 nitrogen and oxygen atoms in total. The number of rotatable bonds is 6. The summed E-state index contributed by atoms with van der Waals surface area (Å²) < 4.78 is 11.0. The third kappa shape index (κ3) is 4.17. The molecule has 1 saturated carbocycles. The van der Waals surface area contributed by atoms with Crippen molar-refractivity contribution in [1.82, 2.24) is 15.1 Å². The number of likely N-dealkylation sites (tertiary alicyclic amines) is 1. The number of benzene rings is 1. The number of carbonyl (C=O) groups excluding carboxylic acids is 2. The zero-order chi connectivity index (χ0) is 21.1. The minimum Gasteiger partial charge on any atom is -0.495 e. The highest BCUT2D eigenvalue weighted by Crippen LogP contribution is 2.33. The molecule has 1 aliphatic carbocycles. The maximum atomic E-state index is 13.0. The van der Waals surface area contributed by atoms with Gasteiger partial charge in [-0.1, -0.05) is 26.2 Å². The Hall–Kier alpha value is -2.90. The van der Waals surface area contributed by atoms with Crippen LogP contribution < -0.4 is 10.1 Å². The molecule has 2 aromatic rings. The van der Waals surface area contributed by atoms with E-state index in [0.29, 0.717) is 41.7 Å². The Labute approximate surface area is 176 Å². The summed E-state index contributed by atoms with van der Waals surface area (Å²) in [6.07, 6.45) is 6.54. The van der Waals surface area contributed by atoms with Gasteiger partial charge in [0.1, 0.15) is 5.75 Å². The van der Waals surface area contributed by atoms with E-state index in [9.17, 15) is 9.59 Å². The second-order valence-corrected chi connectivity index (χ2v) is 8.00. The van der Waals surface area contributed by atoms with Crippen molar-refractivity contribution in [3.8, 4) is 17.2 Å². The smallest absolute Gasteiger partial charge is 0.247 e. The summed E-state index contributed by atoms with van der Waals surface area (Å²) in [6, 6.07) is 5.62. The SMILES string of the molecule is CCc1nnc(-c2ccc(OC)c(NC(=O)[C@@H]3CC(=O)N(C4CCCCC4)C3)c2)o1. The van der Waals surface area contributed by atoms with Crippen molar-refractivity contribution in [2.24, 2.45) is 5.92 Å². The zero-order valence-electron chi connectivity index (χ0n) is 17.5. The molecular formula is C22H28N4O4. The molecule has 1 aromatic carbocycles. The van der Waals surface area contributed by atoms with Crippen LogP contribution in [0.4, 0.5) is 5.69 Å². The van der Waals surface area contributed by atoms with Gasteiger partial charge in [0.2, 0.25) is 23.6 Å². The van der Waals surface area contributed by atoms with Crippen LogP contribution in [0.1, 0.15) is 51.3 Å². The van der Waals surface area contributed by atoms with E-state index in [4.69, 9.17) is 9.15 Å². The van der Waals surface area contributed by atoms with Crippen LogP contribution in [0.5, 0.6) is 5.75 Å². The molecule has 0 bridgehead atoms. The van der Waals surface area contributed by atoms with Crippen LogP contribution in [-0.2, 0) is 16.0 Å². The number of hydrogen-bond acceptors (Lipinski definition) is 6. The van der Waals surface area contributed by atoms with Crippen LogP contribution in [0, 0.1) is 5.92 Å². The highest BCUT2D eigenvalue weighted by molar-refractivity contribution is 5.98. The van der Waals surface area contributed by atoms with Gasteiger partial charge in [-0.2, -0.15) is 0 Å². The standard InChI is InChI=1S/C22H28N4O4/c1-3-19-24-25-22(30-19)14-9-10-18(29-2)17(11-14)23-21(28)15-12-20(27)26(13-15)16-7-5-4-6-8-16/h9-11,15-16H,3-8,12-13H2,1-2H3,(H,23,28)/t15-/m1/s1. The highest BCUT2D eigenvalue weighted by Gasteiger charge is 2.38. The van der Waals surface area contributed by atoms with Crippen molar-refractivity contribution < 1.29 is 18.7 Å². The predicted molar refractivity (Wildman–Crippen MR) is 111 cm³/mol. The fourth-order valence-corrected chi connectivity index (χ4v) is 4.34. The molecule has 0 spiro atoms. The van der Waals surface area contributed by atoms with E-state index in [0.717, 1.165) is 25.7 Å². The number of aromatic nitrogens is 2. The number of hydrogen-bond donors (Lipinski definition) is 1. The third-order valence-corrected chi connectivity index (χ3v) is 6.02. The van der Waals surface area contributed by atoms with Gasteiger partial charge in [0.15, 0.2) is 0 Å². The van der Waals surface area contributed by atoms with E-state index in [2.05, 4.69) is 15.5 Å². The number of anilines is 1. The second kappa shape index (κ2) is 8.85. The van der Waals surface area contributed by atoms with Gasteiger partial charge >= 0.3 is 0 Å². The summed E-state index contributed by atoms with van der Waals surface area (Å²) >= 11 is 0. The fourth-order valence-electron chi connectivity index (χ4n) is 4.34. The van der Waals surface area contributed by atoms with E-state index < -0.39 is 0 Å². The molecule has 2 aliphatic rings. The largest absolute Gasteiger partial charge is 0.495 e. The first-order chi connectivity index (χ1) is 14.6. The van der Waals surface area contributed by atoms with E-state index in [1.807, 2.05) is 17.9 Å². The third-order valence-electron chi connectivity index (χ3n) is 6.02. The summed E-state index contributed by atoms with van der Waals surface area (Å²) in [5.74, 6) is 1.04. The number of ether oxygens (including phenoxy) is 1. The van der Waals surface area contributed by atoms with Crippen molar-refractivity contribution in [3.05, 3.63) is 24.1 Å². The maximum Gasteiger partial charge on any atom is 0.247 e. The monoisotopic (exact) mass is 412 g/mol. The lowest BCUT2D eigenvalue weighted by molar-refractivity contribution is -0.130. The Morgan fingerprint density at radius 1 is 1.27 bits per heavy atom. The Morgan fingerprint density at radius 3 is 2.77 bits per heavy atom. The Bertz CT molecular complexity index is 920. The molecule has 0 unspecified atom stereocenters. The molecule has 30 heavy (non-hydrogen) atoms. The lowest BCUT2D eigenvalue weighted by Gasteiger charge is -2.31. The summed E-state index contributed by atoms with van der Waals surface area (Å²) in [5, 5.41) is 11.0. The molecule has 1 N–H and O–H groups in total. The number of amides is 2. The molecule has 1 aliphatic heterocycles.